The van der Waals surface area contributed by atoms with Crippen molar-refractivity contribution < 1.29 is 4.39 Å². The quantitative estimate of drug-likeness (QED) is 0.907. The fourth-order valence-electron chi connectivity index (χ4n) is 1.63. The van der Waals surface area contributed by atoms with Gasteiger partial charge < -0.3 is 5.32 Å². The largest absolute Gasteiger partial charge is 0.316 e. The molecule has 1 heterocycles. The first kappa shape index (κ1) is 12.1. The van der Waals surface area contributed by atoms with E-state index in [1.165, 1.54) is 6.07 Å². The van der Waals surface area contributed by atoms with E-state index in [1.807, 2.05) is 13.2 Å². The van der Waals surface area contributed by atoms with Gasteiger partial charge in [0.2, 0.25) is 0 Å². The number of hydrogen-bond acceptors (Lipinski definition) is 2. The number of nitrogens with one attached hydrogen (secondary N) is 1. The Morgan fingerprint density at radius 1 is 1.47 bits per heavy atom. The molecule has 2 rings (SSSR count). The molecule has 0 unspecified atom stereocenters. The van der Waals surface area contributed by atoms with Crippen molar-refractivity contribution in [3.05, 3.63) is 52.6 Å². The van der Waals surface area contributed by atoms with Crippen LogP contribution in [0.25, 0.3) is 0 Å². The summed E-state index contributed by atoms with van der Waals surface area (Å²) in [6, 6.07) is 4.98. The minimum Gasteiger partial charge on any atom is -0.316 e. The molecule has 0 radical (unpaired) electrons. The Balaban J connectivity index is 2.16. The minimum atomic E-state index is -0.375. The average Bonchev–Trinajstić information content (AvgIpc) is 2.73. The van der Waals surface area contributed by atoms with Crippen LogP contribution in [0.5, 0.6) is 0 Å². The molecule has 0 fully saturated rings. The first-order chi connectivity index (χ1) is 8.20. The lowest BCUT2D eigenvalue weighted by molar-refractivity contribution is 0.585. The molecule has 1 aromatic carbocycles. The maximum absolute atomic E-state index is 13.7. The predicted octanol–water partition coefficient (Wildman–Crippen LogP) is 2.44. The van der Waals surface area contributed by atoms with Crippen LogP contribution in [0.4, 0.5) is 4.39 Å². The summed E-state index contributed by atoms with van der Waals surface area (Å²) in [5.41, 5.74) is 1.60. The maximum Gasteiger partial charge on any atom is 0.146 e. The van der Waals surface area contributed by atoms with Crippen LogP contribution in [-0.2, 0) is 13.1 Å². The van der Waals surface area contributed by atoms with E-state index in [0.717, 1.165) is 12.1 Å². The second-order valence-electron chi connectivity index (χ2n) is 3.79. The highest BCUT2D eigenvalue weighted by Crippen LogP contribution is 2.18. The van der Waals surface area contributed by atoms with E-state index in [-0.39, 0.29) is 10.8 Å². The number of benzene rings is 1. The fourth-order valence-corrected chi connectivity index (χ4v) is 1.83. The molecule has 0 aliphatic rings. The van der Waals surface area contributed by atoms with E-state index in [1.54, 1.807) is 23.0 Å². The molecule has 0 aliphatic heterocycles. The van der Waals surface area contributed by atoms with Crippen molar-refractivity contribution in [1.29, 1.82) is 0 Å². The summed E-state index contributed by atoms with van der Waals surface area (Å²) in [6.45, 7) is 1.13. The molecule has 1 aromatic heterocycles. The predicted molar refractivity (Wildman–Crippen MR) is 65.5 cm³/mol. The zero-order valence-corrected chi connectivity index (χ0v) is 10.2. The molecule has 1 N–H and O–H groups in total. The summed E-state index contributed by atoms with van der Waals surface area (Å²) < 4.78 is 15.4. The van der Waals surface area contributed by atoms with E-state index in [0.29, 0.717) is 12.1 Å². The summed E-state index contributed by atoms with van der Waals surface area (Å²) in [6.07, 6.45) is 3.65. The van der Waals surface area contributed by atoms with E-state index < -0.39 is 0 Å². The van der Waals surface area contributed by atoms with Gasteiger partial charge in [0.05, 0.1) is 17.8 Å². The third-order valence-corrected chi connectivity index (χ3v) is 2.72. The van der Waals surface area contributed by atoms with Crippen LogP contribution in [-0.4, -0.2) is 16.8 Å². The zero-order chi connectivity index (χ0) is 12.3. The van der Waals surface area contributed by atoms with Gasteiger partial charge >= 0.3 is 0 Å². The van der Waals surface area contributed by atoms with Crippen LogP contribution in [0.3, 0.4) is 0 Å². The first-order valence-corrected chi connectivity index (χ1v) is 5.67. The third-order valence-electron chi connectivity index (χ3n) is 2.43. The number of nitrogens with zero attached hydrogens (tertiary/aromatic N) is 2. The lowest BCUT2D eigenvalue weighted by Gasteiger charge is -2.04. The van der Waals surface area contributed by atoms with Gasteiger partial charge in [-0.3, -0.25) is 4.68 Å². The first-order valence-electron chi connectivity index (χ1n) is 5.29. The Hall–Kier alpha value is -1.39. The lowest BCUT2D eigenvalue weighted by Crippen LogP contribution is -2.05. The Bertz CT molecular complexity index is 510. The smallest absolute Gasteiger partial charge is 0.146 e. The van der Waals surface area contributed by atoms with Crippen molar-refractivity contribution in [2.24, 2.45) is 0 Å². The number of rotatable bonds is 4. The van der Waals surface area contributed by atoms with Gasteiger partial charge in [-0.1, -0.05) is 23.7 Å². The molecule has 0 saturated carbocycles. The second-order valence-corrected chi connectivity index (χ2v) is 4.20. The zero-order valence-electron chi connectivity index (χ0n) is 9.45. The number of hydrogen-bond donors (Lipinski definition) is 1. The molecule has 0 spiro atoms. The Kier molecular flexibility index (Phi) is 3.76. The highest BCUT2D eigenvalue weighted by molar-refractivity contribution is 6.30. The van der Waals surface area contributed by atoms with E-state index in [2.05, 4.69) is 10.4 Å². The monoisotopic (exact) mass is 253 g/mol. The SMILES string of the molecule is CNCc1cnn(Cc2cccc(Cl)c2F)c1. The molecule has 90 valence electrons. The molecule has 0 atom stereocenters. The second kappa shape index (κ2) is 5.29. The molecule has 17 heavy (non-hydrogen) atoms. The highest BCUT2D eigenvalue weighted by atomic mass is 35.5. The Morgan fingerprint density at radius 3 is 3.06 bits per heavy atom. The van der Waals surface area contributed by atoms with Gasteiger partial charge in [0.1, 0.15) is 5.82 Å². The van der Waals surface area contributed by atoms with Crippen molar-refractivity contribution in [2.75, 3.05) is 7.05 Å². The van der Waals surface area contributed by atoms with E-state index in [9.17, 15) is 4.39 Å². The van der Waals surface area contributed by atoms with Crippen molar-refractivity contribution in [1.82, 2.24) is 15.1 Å². The number of aromatic nitrogens is 2. The number of halogens is 2. The van der Waals surface area contributed by atoms with Crippen LogP contribution in [0, 0.1) is 5.82 Å². The molecule has 0 amide bonds. The molecule has 2 aromatic rings. The Labute approximate surface area is 104 Å². The van der Waals surface area contributed by atoms with Crippen molar-refractivity contribution in [3.63, 3.8) is 0 Å². The fraction of sp³-hybridized carbons (Fsp3) is 0.250. The van der Waals surface area contributed by atoms with Gasteiger partial charge in [0.25, 0.3) is 0 Å². The van der Waals surface area contributed by atoms with Gasteiger partial charge in [-0.05, 0) is 13.1 Å². The summed E-state index contributed by atoms with van der Waals surface area (Å²) in [7, 11) is 1.87. The molecular weight excluding hydrogens is 241 g/mol. The van der Waals surface area contributed by atoms with Gasteiger partial charge in [0, 0.05) is 23.9 Å². The van der Waals surface area contributed by atoms with Gasteiger partial charge in [-0.25, -0.2) is 4.39 Å². The van der Waals surface area contributed by atoms with Crippen LogP contribution in [0.2, 0.25) is 5.02 Å². The molecule has 0 bridgehead atoms. The van der Waals surface area contributed by atoms with Crippen LogP contribution < -0.4 is 5.32 Å². The lowest BCUT2D eigenvalue weighted by atomic mass is 10.2. The van der Waals surface area contributed by atoms with Gasteiger partial charge in [-0.2, -0.15) is 5.10 Å². The van der Waals surface area contributed by atoms with E-state index in [4.69, 9.17) is 11.6 Å². The minimum absolute atomic E-state index is 0.144. The molecule has 0 aliphatic carbocycles. The molecule has 5 heteroatoms. The van der Waals surface area contributed by atoms with Crippen LogP contribution in [0.15, 0.2) is 30.6 Å². The normalized spacial score (nSPS) is 10.8. The van der Waals surface area contributed by atoms with Crippen LogP contribution >= 0.6 is 11.6 Å². The molecule has 3 nitrogen and oxygen atoms in total. The van der Waals surface area contributed by atoms with E-state index >= 15 is 0 Å². The summed E-state index contributed by atoms with van der Waals surface area (Å²) in [5, 5.41) is 7.34. The standard InChI is InChI=1S/C12H13ClFN3/c1-15-5-9-6-16-17(7-9)8-10-3-2-4-11(13)12(10)14/h2-4,6-7,15H,5,8H2,1H3. The maximum atomic E-state index is 13.7. The average molecular weight is 254 g/mol. The summed E-state index contributed by atoms with van der Waals surface area (Å²) in [4.78, 5) is 0. The Morgan fingerprint density at radius 2 is 2.29 bits per heavy atom. The third kappa shape index (κ3) is 2.84. The topological polar surface area (TPSA) is 29.9 Å². The molecule has 0 saturated heterocycles. The molecular formula is C12H13ClFN3. The van der Waals surface area contributed by atoms with Crippen molar-refractivity contribution in [3.8, 4) is 0 Å². The summed E-state index contributed by atoms with van der Waals surface area (Å²) in [5.74, 6) is -0.375. The van der Waals surface area contributed by atoms with Crippen molar-refractivity contribution >= 4 is 11.6 Å². The van der Waals surface area contributed by atoms with Crippen LogP contribution in [0.1, 0.15) is 11.1 Å². The highest BCUT2D eigenvalue weighted by Gasteiger charge is 2.07. The summed E-state index contributed by atoms with van der Waals surface area (Å²) >= 11 is 5.72. The van der Waals surface area contributed by atoms with Gasteiger partial charge in [0.15, 0.2) is 0 Å². The van der Waals surface area contributed by atoms with Crippen molar-refractivity contribution in [2.45, 2.75) is 13.1 Å². The van der Waals surface area contributed by atoms with Gasteiger partial charge in [-0.15, -0.1) is 0 Å².